The van der Waals surface area contributed by atoms with Crippen LogP contribution in [0.5, 0.6) is 5.75 Å². The van der Waals surface area contributed by atoms with Gasteiger partial charge in [0.1, 0.15) is 23.5 Å². The number of β-amino-alcohol motifs (C(OH)–C–C–N with tert-alkyl or cyclic N) is 1. The third kappa shape index (κ3) is 7.09. The largest absolute Gasteiger partial charge is 0.497 e. The number of allylic oxidation sites excluding steroid dienone is 1. The highest BCUT2D eigenvalue weighted by Crippen LogP contribution is 2.60. The lowest BCUT2D eigenvalue weighted by molar-refractivity contribution is -0.163. The summed E-state index contributed by atoms with van der Waals surface area (Å²) in [6.07, 6.45) is 2.41. The molecule has 0 radical (unpaired) electrons. The molecule has 0 aliphatic carbocycles. The van der Waals surface area contributed by atoms with Crippen LogP contribution in [0.4, 0.5) is 5.69 Å². The number of nitrogens with zero attached hydrogens (tertiary/aromatic N) is 2. The second kappa shape index (κ2) is 16.3. The van der Waals surface area contributed by atoms with Crippen LogP contribution in [0.15, 0.2) is 79.9 Å². The SMILES string of the molecule is C=CCCC(=O)N[C@@H](COC)[C@@H](OC(=O)[C@H]1[C@@H]2O[C@@]3(CC2Br)[C@@H]1C(=O)N(CCO)[C@@H]3C(=O)N(CC=C)c1ccc(OC)cc1)c1ccccc1. The van der Waals surface area contributed by atoms with Crippen LogP contribution in [0, 0.1) is 11.8 Å². The number of benzene rings is 2. The van der Waals surface area contributed by atoms with Crippen LogP contribution in [0.25, 0.3) is 0 Å². The molecule has 1 unspecified atom stereocenters. The number of methoxy groups -OCH3 is 2. The van der Waals surface area contributed by atoms with E-state index in [9.17, 15) is 24.3 Å². The third-order valence-electron chi connectivity index (χ3n) is 9.60. The topological polar surface area (TPSA) is 144 Å². The predicted octanol–water partition coefficient (Wildman–Crippen LogP) is 3.34. The highest BCUT2D eigenvalue weighted by atomic mass is 79.9. The number of likely N-dealkylation sites (tertiary alicyclic amines) is 1. The molecule has 50 heavy (non-hydrogen) atoms. The number of aliphatic hydroxyl groups excluding tert-OH is 1. The summed E-state index contributed by atoms with van der Waals surface area (Å²) in [5.41, 5.74) is -0.214. The van der Waals surface area contributed by atoms with Crippen molar-refractivity contribution in [2.45, 2.75) is 54.0 Å². The van der Waals surface area contributed by atoms with Crippen LogP contribution in [-0.4, -0.2) is 103 Å². The van der Waals surface area contributed by atoms with Gasteiger partial charge < -0.3 is 39.2 Å². The van der Waals surface area contributed by atoms with Crippen molar-refractivity contribution >= 4 is 45.3 Å². The Labute approximate surface area is 300 Å². The molecule has 1 spiro atoms. The van der Waals surface area contributed by atoms with Gasteiger partial charge in [0.15, 0.2) is 0 Å². The summed E-state index contributed by atoms with van der Waals surface area (Å²) in [5, 5.41) is 13.0. The third-order valence-corrected chi connectivity index (χ3v) is 10.4. The van der Waals surface area contributed by atoms with E-state index in [2.05, 4.69) is 34.4 Å². The zero-order valence-corrected chi connectivity index (χ0v) is 29.8. The molecule has 3 aliphatic heterocycles. The van der Waals surface area contributed by atoms with Crippen molar-refractivity contribution in [3.05, 3.63) is 85.5 Å². The number of hydrogen-bond acceptors (Lipinski definition) is 9. The van der Waals surface area contributed by atoms with Crippen molar-refractivity contribution in [2.75, 3.05) is 45.4 Å². The number of fused-ring (bicyclic) bond motifs is 1. The van der Waals surface area contributed by atoms with E-state index < -0.39 is 66.1 Å². The maximum Gasteiger partial charge on any atom is 0.313 e. The van der Waals surface area contributed by atoms with Crippen molar-refractivity contribution in [1.29, 1.82) is 0 Å². The molecular formula is C37H44BrN3O9. The minimum atomic E-state index is -1.38. The van der Waals surface area contributed by atoms with Crippen molar-refractivity contribution < 1.29 is 43.2 Å². The Hall–Kier alpha value is -4.04. The van der Waals surface area contributed by atoms with E-state index in [1.807, 2.05) is 6.07 Å². The van der Waals surface area contributed by atoms with E-state index in [1.54, 1.807) is 67.8 Å². The zero-order chi connectivity index (χ0) is 36.0. The van der Waals surface area contributed by atoms with Gasteiger partial charge in [-0.2, -0.15) is 0 Å². The maximum atomic E-state index is 14.6. The lowest BCUT2D eigenvalue weighted by atomic mass is 9.70. The van der Waals surface area contributed by atoms with E-state index in [1.165, 1.54) is 16.9 Å². The zero-order valence-electron chi connectivity index (χ0n) is 28.2. The van der Waals surface area contributed by atoms with Crippen LogP contribution in [0.1, 0.15) is 30.9 Å². The van der Waals surface area contributed by atoms with Gasteiger partial charge in [-0.1, -0.05) is 58.4 Å². The van der Waals surface area contributed by atoms with E-state index in [0.717, 1.165) is 0 Å². The highest BCUT2D eigenvalue weighted by molar-refractivity contribution is 9.09. The number of amides is 3. The average Bonchev–Trinajstić information content (AvgIpc) is 3.71. The smallest absolute Gasteiger partial charge is 0.313 e. The summed E-state index contributed by atoms with van der Waals surface area (Å²) in [6.45, 7) is 7.14. The van der Waals surface area contributed by atoms with Crippen molar-refractivity contribution in [3.8, 4) is 5.75 Å². The Balaban J connectivity index is 1.50. The van der Waals surface area contributed by atoms with Gasteiger partial charge in [0.2, 0.25) is 11.8 Å². The molecule has 2 aromatic carbocycles. The normalized spacial score (nSPS) is 26.1. The summed E-state index contributed by atoms with van der Waals surface area (Å²) < 4.78 is 23.6. The van der Waals surface area contributed by atoms with Gasteiger partial charge in [-0.25, -0.2) is 0 Å². The molecule has 5 rings (SSSR count). The van der Waals surface area contributed by atoms with Gasteiger partial charge in [-0.15, -0.1) is 13.2 Å². The summed E-state index contributed by atoms with van der Waals surface area (Å²) in [7, 11) is 3.03. The van der Waals surface area contributed by atoms with Crippen LogP contribution in [0.3, 0.4) is 0 Å². The number of esters is 1. The fourth-order valence-electron chi connectivity index (χ4n) is 7.51. The van der Waals surface area contributed by atoms with Crippen molar-refractivity contribution in [1.82, 2.24) is 10.2 Å². The molecule has 13 heteroatoms. The van der Waals surface area contributed by atoms with Gasteiger partial charge >= 0.3 is 5.97 Å². The molecule has 3 saturated heterocycles. The number of anilines is 1. The quantitative estimate of drug-likeness (QED) is 0.141. The van der Waals surface area contributed by atoms with E-state index in [0.29, 0.717) is 23.4 Å². The van der Waals surface area contributed by atoms with Crippen LogP contribution < -0.4 is 15.0 Å². The molecule has 0 saturated carbocycles. The molecule has 0 aromatic heterocycles. The molecule has 3 aliphatic rings. The minimum absolute atomic E-state index is 0.0377. The number of halogens is 1. The van der Waals surface area contributed by atoms with Crippen LogP contribution in [-0.2, 0) is 33.4 Å². The first-order valence-electron chi connectivity index (χ1n) is 16.6. The first-order chi connectivity index (χ1) is 24.1. The van der Waals surface area contributed by atoms with Gasteiger partial charge in [-0.05, 0) is 42.7 Å². The standard InChI is InChI=1S/C37H44BrN3O9/c1-5-7-13-28(43)39-27(22-47-3)31(23-11-9-8-10-12-23)49-36(46)29-30-34(44)41(19-20-42)33(37(30)21-26(38)32(29)50-37)35(45)40(18-6-2)24-14-16-25(48-4)17-15-24/h5-6,8-12,14-17,26-27,29-33,42H,1-2,7,13,18-22H2,3-4H3,(H,39,43)/t26?,27-,29+,30-,31-,32+,33+,37-/m0/s1. The number of rotatable bonds is 17. The molecule has 3 fully saturated rings. The second-order valence-electron chi connectivity index (χ2n) is 12.6. The van der Waals surface area contributed by atoms with Gasteiger partial charge in [-0.3, -0.25) is 19.2 Å². The van der Waals surface area contributed by atoms with Gasteiger partial charge in [0.05, 0.1) is 44.3 Å². The first kappa shape index (κ1) is 37.2. The molecule has 12 nitrogen and oxygen atoms in total. The van der Waals surface area contributed by atoms with Crippen molar-refractivity contribution in [3.63, 3.8) is 0 Å². The first-order valence-corrected chi connectivity index (χ1v) is 17.5. The minimum Gasteiger partial charge on any atom is -0.497 e. The Morgan fingerprint density at radius 2 is 1.86 bits per heavy atom. The van der Waals surface area contributed by atoms with Crippen molar-refractivity contribution in [2.24, 2.45) is 11.8 Å². The fourth-order valence-corrected chi connectivity index (χ4v) is 8.46. The van der Waals surface area contributed by atoms with Gasteiger partial charge in [0, 0.05) is 37.1 Å². The van der Waals surface area contributed by atoms with E-state index in [4.69, 9.17) is 18.9 Å². The van der Waals surface area contributed by atoms with E-state index >= 15 is 0 Å². The molecule has 2 bridgehead atoms. The molecule has 268 valence electrons. The molecule has 3 amide bonds. The molecule has 2 N–H and O–H groups in total. The Bertz CT molecular complexity index is 1560. The lowest BCUT2D eigenvalue weighted by Crippen LogP contribution is -2.57. The molecule has 2 aromatic rings. The van der Waals surface area contributed by atoms with Gasteiger partial charge in [0.25, 0.3) is 5.91 Å². The fraction of sp³-hybridized carbons (Fsp3) is 0.459. The summed E-state index contributed by atoms with van der Waals surface area (Å²) in [5.74, 6) is -3.41. The second-order valence-corrected chi connectivity index (χ2v) is 13.8. The number of carbonyl (C=O) groups is 4. The number of carbonyl (C=O) groups excluding carboxylic acids is 4. The monoisotopic (exact) mass is 753 g/mol. The number of alkyl halides is 1. The Morgan fingerprint density at radius 3 is 2.48 bits per heavy atom. The Morgan fingerprint density at radius 1 is 1.14 bits per heavy atom. The van der Waals surface area contributed by atoms with Crippen LogP contribution >= 0.6 is 15.9 Å². The maximum absolute atomic E-state index is 14.6. The molecular weight excluding hydrogens is 710 g/mol. The predicted molar refractivity (Wildman–Crippen MR) is 189 cm³/mol. The highest BCUT2D eigenvalue weighted by Gasteiger charge is 2.77. The van der Waals surface area contributed by atoms with E-state index in [-0.39, 0.29) is 43.3 Å². The summed E-state index contributed by atoms with van der Waals surface area (Å²) in [4.78, 5) is 58.7. The number of ether oxygens (including phenoxy) is 4. The number of aliphatic hydroxyl groups is 1. The Kier molecular flexibility index (Phi) is 12.2. The average molecular weight is 755 g/mol. The summed E-state index contributed by atoms with van der Waals surface area (Å²) in [6, 6.07) is 14.0. The van der Waals surface area contributed by atoms with Crippen LogP contribution in [0.2, 0.25) is 0 Å². The molecule has 3 heterocycles. The summed E-state index contributed by atoms with van der Waals surface area (Å²) >= 11 is 3.69. The molecule has 8 atom stereocenters. The number of hydrogen-bond donors (Lipinski definition) is 2. The number of nitrogens with one attached hydrogen (secondary N) is 1. The lowest BCUT2D eigenvalue weighted by Gasteiger charge is -2.37.